The maximum absolute atomic E-state index is 14.3. The van der Waals surface area contributed by atoms with Gasteiger partial charge in [-0.05, 0) is 24.0 Å². The maximum atomic E-state index is 14.3. The van der Waals surface area contributed by atoms with E-state index in [1.54, 1.807) is 24.3 Å². The topological polar surface area (TPSA) is 55.2 Å². The molecule has 2 aromatic carbocycles. The summed E-state index contributed by atoms with van der Waals surface area (Å²) in [5.74, 6) is -0.0326. The molecular weight excluding hydrogens is 295 g/mol. The molecule has 4 rings (SSSR count). The standard InChI is InChI=1S/C18H15FN2O2/c19-15-9-2-1-5-14(15)17-12-7-3-6-11(12)13-8-4-10-16(21(22)23)18(13)20-17/h1-6,8-12,17,20H,7H2/t11-,12-,17-/m0/s1. The van der Waals surface area contributed by atoms with Crippen LogP contribution in [0, 0.1) is 21.8 Å². The number of nitro benzene ring substituents is 1. The number of nitro groups is 1. The van der Waals surface area contributed by atoms with Crippen LogP contribution >= 0.6 is 0 Å². The van der Waals surface area contributed by atoms with Crippen LogP contribution in [-0.2, 0) is 0 Å². The van der Waals surface area contributed by atoms with Gasteiger partial charge in [0.05, 0.1) is 11.0 Å². The van der Waals surface area contributed by atoms with Gasteiger partial charge in [0.25, 0.3) is 5.69 Å². The van der Waals surface area contributed by atoms with Gasteiger partial charge in [-0.15, -0.1) is 0 Å². The molecule has 2 aromatic rings. The Morgan fingerprint density at radius 2 is 1.91 bits per heavy atom. The van der Waals surface area contributed by atoms with E-state index in [1.165, 1.54) is 12.1 Å². The Hall–Kier alpha value is -2.69. The molecule has 4 nitrogen and oxygen atoms in total. The monoisotopic (exact) mass is 310 g/mol. The van der Waals surface area contributed by atoms with Crippen molar-refractivity contribution in [3.05, 3.63) is 81.7 Å². The molecule has 0 saturated heterocycles. The van der Waals surface area contributed by atoms with Gasteiger partial charge in [-0.3, -0.25) is 10.1 Å². The van der Waals surface area contributed by atoms with Crippen LogP contribution in [-0.4, -0.2) is 4.92 Å². The molecule has 0 aromatic heterocycles. The summed E-state index contributed by atoms with van der Waals surface area (Å²) in [6, 6.07) is 11.5. The van der Waals surface area contributed by atoms with E-state index in [-0.39, 0.29) is 34.3 Å². The van der Waals surface area contributed by atoms with E-state index in [9.17, 15) is 14.5 Å². The Morgan fingerprint density at radius 3 is 2.70 bits per heavy atom. The largest absolute Gasteiger partial charge is 0.372 e. The smallest absolute Gasteiger partial charge is 0.292 e. The van der Waals surface area contributed by atoms with Crippen molar-refractivity contribution in [2.75, 3.05) is 5.32 Å². The van der Waals surface area contributed by atoms with Gasteiger partial charge >= 0.3 is 0 Å². The minimum absolute atomic E-state index is 0.0441. The average Bonchev–Trinajstić information content (AvgIpc) is 3.04. The molecule has 0 fully saturated rings. The number of nitrogens with one attached hydrogen (secondary N) is 1. The van der Waals surface area contributed by atoms with Crippen molar-refractivity contribution in [3.8, 4) is 0 Å². The second-order valence-corrected chi connectivity index (χ2v) is 6.00. The van der Waals surface area contributed by atoms with E-state index < -0.39 is 0 Å². The van der Waals surface area contributed by atoms with Crippen molar-refractivity contribution in [2.45, 2.75) is 18.4 Å². The lowest BCUT2D eigenvalue weighted by molar-refractivity contribution is -0.384. The maximum Gasteiger partial charge on any atom is 0.292 e. The third-order valence-corrected chi connectivity index (χ3v) is 4.81. The summed E-state index contributed by atoms with van der Waals surface area (Å²) < 4.78 is 14.3. The van der Waals surface area contributed by atoms with Crippen molar-refractivity contribution in [1.29, 1.82) is 0 Å². The molecule has 0 bridgehead atoms. The van der Waals surface area contributed by atoms with Crippen LogP contribution in [0.15, 0.2) is 54.6 Å². The van der Waals surface area contributed by atoms with Crippen LogP contribution in [0.2, 0.25) is 0 Å². The number of benzene rings is 2. The Balaban J connectivity index is 1.87. The summed E-state index contributed by atoms with van der Waals surface area (Å²) in [5, 5.41) is 14.6. The lowest BCUT2D eigenvalue weighted by Gasteiger charge is -2.37. The number of halogens is 1. The number of hydrogen-bond acceptors (Lipinski definition) is 3. The van der Waals surface area contributed by atoms with Gasteiger partial charge in [0.1, 0.15) is 11.5 Å². The predicted octanol–water partition coefficient (Wildman–Crippen LogP) is 4.56. The highest BCUT2D eigenvalue weighted by atomic mass is 19.1. The minimum atomic E-state index is -0.386. The quantitative estimate of drug-likeness (QED) is 0.502. The van der Waals surface area contributed by atoms with E-state index in [0.717, 1.165) is 12.0 Å². The molecule has 1 heterocycles. The van der Waals surface area contributed by atoms with E-state index in [2.05, 4.69) is 17.5 Å². The van der Waals surface area contributed by atoms with Crippen LogP contribution in [0.5, 0.6) is 0 Å². The Labute approximate surface area is 132 Å². The summed E-state index contributed by atoms with van der Waals surface area (Å²) in [5.41, 5.74) is 2.04. The first kappa shape index (κ1) is 13.9. The number of fused-ring (bicyclic) bond motifs is 3. The molecule has 3 atom stereocenters. The van der Waals surface area contributed by atoms with E-state index in [0.29, 0.717) is 11.3 Å². The molecule has 0 radical (unpaired) electrons. The first-order valence-corrected chi connectivity index (χ1v) is 7.61. The van der Waals surface area contributed by atoms with Gasteiger partial charge in [-0.25, -0.2) is 4.39 Å². The second-order valence-electron chi connectivity index (χ2n) is 6.00. The zero-order valence-corrected chi connectivity index (χ0v) is 12.3. The highest BCUT2D eigenvalue weighted by Gasteiger charge is 2.41. The Bertz CT molecular complexity index is 818. The number of nitrogens with zero attached hydrogens (tertiary/aromatic N) is 1. The highest BCUT2D eigenvalue weighted by Crippen LogP contribution is 2.52. The van der Waals surface area contributed by atoms with Crippen LogP contribution in [0.3, 0.4) is 0 Å². The molecule has 0 saturated carbocycles. The summed E-state index contributed by atoms with van der Waals surface area (Å²) in [7, 11) is 0. The van der Waals surface area contributed by atoms with Crippen LogP contribution < -0.4 is 5.32 Å². The van der Waals surface area contributed by atoms with Crippen LogP contribution in [0.4, 0.5) is 15.8 Å². The van der Waals surface area contributed by atoms with Gasteiger partial charge in [-0.2, -0.15) is 0 Å². The molecule has 116 valence electrons. The molecule has 0 amide bonds. The lowest BCUT2D eigenvalue weighted by Crippen LogP contribution is -2.30. The third kappa shape index (κ3) is 2.11. The fraction of sp³-hybridized carbons (Fsp3) is 0.222. The van der Waals surface area contributed by atoms with Gasteiger partial charge in [0, 0.05) is 17.5 Å². The molecule has 2 aliphatic rings. The second kappa shape index (κ2) is 5.19. The average molecular weight is 310 g/mol. The van der Waals surface area contributed by atoms with Gasteiger partial charge in [0.15, 0.2) is 0 Å². The van der Waals surface area contributed by atoms with Gasteiger partial charge < -0.3 is 5.32 Å². The molecule has 0 unspecified atom stereocenters. The zero-order valence-electron chi connectivity index (χ0n) is 12.3. The number of rotatable bonds is 2. The molecular formula is C18H15FN2O2. The fourth-order valence-electron chi connectivity index (χ4n) is 3.79. The Kier molecular flexibility index (Phi) is 3.15. The SMILES string of the molecule is O=[N+]([O-])c1cccc2c1N[C@H](c1ccccc1F)[C@H]1CC=C[C@H]21. The lowest BCUT2D eigenvalue weighted by atomic mass is 9.76. The summed E-state index contributed by atoms with van der Waals surface area (Å²) in [4.78, 5) is 11.0. The molecule has 0 spiro atoms. The highest BCUT2D eigenvalue weighted by molar-refractivity contribution is 5.71. The summed E-state index contributed by atoms with van der Waals surface area (Å²) in [6.07, 6.45) is 5.00. The third-order valence-electron chi connectivity index (χ3n) is 4.81. The first-order valence-electron chi connectivity index (χ1n) is 7.61. The molecule has 1 N–H and O–H groups in total. The number of para-hydroxylation sites is 1. The molecule has 1 aliphatic carbocycles. The van der Waals surface area contributed by atoms with E-state index >= 15 is 0 Å². The summed E-state index contributed by atoms with van der Waals surface area (Å²) in [6.45, 7) is 0. The van der Waals surface area contributed by atoms with Crippen LogP contribution in [0.1, 0.15) is 29.5 Å². The molecule has 1 aliphatic heterocycles. The fourth-order valence-corrected chi connectivity index (χ4v) is 3.79. The van der Waals surface area contributed by atoms with Crippen molar-refractivity contribution in [3.63, 3.8) is 0 Å². The minimum Gasteiger partial charge on any atom is -0.372 e. The summed E-state index contributed by atoms with van der Waals surface area (Å²) >= 11 is 0. The zero-order chi connectivity index (χ0) is 16.0. The van der Waals surface area contributed by atoms with Gasteiger partial charge in [-0.1, -0.05) is 42.5 Å². The predicted molar refractivity (Wildman–Crippen MR) is 85.8 cm³/mol. The normalized spacial score (nSPS) is 24.7. The first-order chi connectivity index (χ1) is 11.2. The van der Waals surface area contributed by atoms with Crippen molar-refractivity contribution in [2.24, 2.45) is 5.92 Å². The van der Waals surface area contributed by atoms with Crippen LogP contribution in [0.25, 0.3) is 0 Å². The number of allylic oxidation sites excluding steroid dienone is 2. The Morgan fingerprint density at radius 1 is 1.13 bits per heavy atom. The number of anilines is 1. The van der Waals surface area contributed by atoms with E-state index in [1.807, 2.05) is 6.07 Å². The van der Waals surface area contributed by atoms with Crippen molar-refractivity contribution in [1.82, 2.24) is 0 Å². The molecule has 5 heteroatoms. The van der Waals surface area contributed by atoms with Crippen molar-refractivity contribution >= 4 is 11.4 Å². The van der Waals surface area contributed by atoms with Crippen molar-refractivity contribution < 1.29 is 9.31 Å². The number of hydrogen-bond donors (Lipinski definition) is 1. The molecule has 23 heavy (non-hydrogen) atoms. The van der Waals surface area contributed by atoms with Gasteiger partial charge in [0.2, 0.25) is 0 Å². The van der Waals surface area contributed by atoms with E-state index in [4.69, 9.17) is 0 Å².